The molecule has 5 nitrogen and oxygen atoms in total. The van der Waals surface area contributed by atoms with Crippen LogP contribution in [0.4, 0.5) is 5.69 Å². The molecule has 1 unspecified atom stereocenters. The highest BCUT2D eigenvalue weighted by atomic mass is 127. The van der Waals surface area contributed by atoms with Crippen molar-refractivity contribution in [1.82, 2.24) is 10.2 Å². The average Bonchev–Trinajstić information content (AvgIpc) is 3.18. The maximum absolute atomic E-state index is 5.51. The van der Waals surface area contributed by atoms with Crippen LogP contribution in [0.2, 0.25) is 0 Å². The summed E-state index contributed by atoms with van der Waals surface area (Å²) in [6.45, 7) is 3.87. The molecule has 2 aromatic carbocycles. The van der Waals surface area contributed by atoms with Crippen LogP contribution in [0.5, 0.6) is 5.75 Å². The van der Waals surface area contributed by atoms with Gasteiger partial charge in [-0.25, -0.2) is 0 Å². The van der Waals surface area contributed by atoms with Gasteiger partial charge < -0.3 is 19.9 Å². The molecule has 3 rings (SSSR count). The van der Waals surface area contributed by atoms with Crippen LogP contribution in [-0.2, 0) is 6.54 Å². The van der Waals surface area contributed by atoms with Gasteiger partial charge in [-0.1, -0.05) is 42.5 Å². The number of methoxy groups -OCH3 is 1. The summed E-state index contributed by atoms with van der Waals surface area (Å²) in [7, 11) is 5.66. The first-order chi connectivity index (χ1) is 13.2. The quantitative estimate of drug-likeness (QED) is 0.377. The third-order valence-electron chi connectivity index (χ3n) is 5.10. The van der Waals surface area contributed by atoms with Crippen LogP contribution in [0.15, 0.2) is 59.6 Å². The molecule has 1 aliphatic rings. The van der Waals surface area contributed by atoms with Crippen LogP contribution in [0.1, 0.15) is 12.0 Å². The Kier molecular flexibility index (Phi) is 8.89. The third-order valence-corrected chi connectivity index (χ3v) is 5.10. The van der Waals surface area contributed by atoms with Crippen molar-refractivity contribution in [3.05, 3.63) is 60.2 Å². The van der Waals surface area contributed by atoms with Gasteiger partial charge in [0.1, 0.15) is 5.75 Å². The van der Waals surface area contributed by atoms with Gasteiger partial charge in [0, 0.05) is 40.3 Å². The summed E-state index contributed by atoms with van der Waals surface area (Å²) in [4.78, 5) is 9.03. The lowest BCUT2D eigenvalue weighted by Crippen LogP contribution is -2.41. The fourth-order valence-corrected chi connectivity index (χ4v) is 3.66. The predicted molar refractivity (Wildman–Crippen MR) is 128 cm³/mol. The molecule has 6 heteroatoms. The number of para-hydroxylation sites is 2. The number of anilines is 1. The molecule has 0 spiro atoms. The van der Waals surface area contributed by atoms with Gasteiger partial charge >= 0.3 is 0 Å². The van der Waals surface area contributed by atoms with Crippen LogP contribution < -0.4 is 15.0 Å². The van der Waals surface area contributed by atoms with E-state index in [1.165, 1.54) is 17.7 Å². The number of benzene rings is 2. The Hall–Kier alpha value is -1.96. The highest BCUT2D eigenvalue weighted by molar-refractivity contribution is 14.0. The van der Waals surface area contributed by atoms with Gasteiger partial charge in [0.15, 0.2) is 5.96 Å². The number of hydrogen-bond donors (Lipinski definition) is 1. The molecule has 1 aliphatic heterocycles. The first-order valence-corrected chi connectivity index (χ1v) is 9.55. The third kappa shape index (κ3) is 5.77. The van der Waals surface area contributed by atoms with Gasteiger partial charge in [-0.2, -0.15) is 0 Å². The zero-order chi connectivity index (χ0) is 19.1. The van der Waals surface area contributed by atoms with Gasteiger partial charge in [0.2, 0.25) is 0 Å². The Morgan fingerprint density at radius 3 is 2.61 bits per heavy atom. The minimum Gasteiger partial charge on any atom is -0.495 e. The van der Waals surface area contributed by atoms with E-state index in [2.05, 4.69) is 63.6 Å². The number of aliphatic imine (C=N–C) groups is 1. The molecule has 2 aromatic rings. The van der Waals surface area contributed by atoms with Crippen LogP contribution >= 0.6 is 24.0 Å². The van der Waals surface area contributed by atoms with Crippen molar-refractivity contribution in [3.63, 3.8) is 0 Å². The molecule has 0 radical (unpaired) electrons. The summed E-state index contributed by atoms with van der Waals surface area (Å²) in [6.07, 6.45) is 1.17. The lowest BCUT2D eigenvalue weighted by Gasteiger charge is -2.24. The predicted octanol–water partition coefficient (Wildman–Crippen LogP) is 3.85. The van der Waals surface area contributed by atoms with Crippen molar-refractivity contribution in [2.45, 2.75) is 13.0 Å². The monoisotopic (exact) mass is 494 g/mol. The highest BCUT2D eigenvalue weighted by Gasteiger charge is 2.24. The number of nitrogens with one attached hydrogen (secondary N) is 1. The van der Waals surface area contributed by atoms with E-state index in [4.69, 9.17) is 4.74 Å². The molecule has 0 amide bonds. The minimum atomic E-state index is 0. The van der Waals surface area contributed by atoms with E-state index in [1.807, 2.05) is 25.2 Å². The van der Waals surface area contributed by atoms with E-state index in [0.29, 0.717) is 5.92 Å². The fraction of sp³-hybridized carbons (Fsp3) is 0.409. The normalized spacial score (nSPS) is 16.5. The smallest absolute Gasteiger partial charge is 0.193 e. The molecule has 1 saturated heterocycles. The van der Waals surface area contributed by atoms with Gasteiger partial charge in [0.25, 0.3) is 0 Å². The van der Waals surface area contributed by atoms with Crippen LogP contribution in [0, 0.1) is 5.92 Å². The maximum Gasteiger partial charge on any atom is 0.193 e. The molecule has 0 saturated carbocycles. The number of hydrogen-bond acceptors (Lipinski definition) is 3. The SMILES string of the molecule is CN=C(NCC1CCN(c2ccccc2OC)C1)N(C)Cc1ccccc1.I. The second-order valence-electron chi connectivity index (χ2n) is 7.04. The van der Waals surface area contributed by atoms with E-state index < -0.39 is 0 Å². The second kappa shape index (κ2) is 11.1. The van der Waals surface area contributed by atoms with Gasteiger partial charge in [-0.3, -0.25) is 4.99 Å². The molecule has 0 bridgehead atoms. The minimum absolute atomic E-state index is 0. The second-order valence-corrected chi connectivity index (χ2v) is 7.04. The first-order valence-electron chi connectivity index (χ1n) is 9.55. The highest BCUT2D eigenvalue weighted by Crippen LogP contribution is 2.31. The average molecular weight is 494 g/mol. The van der Waals surface area contributed by atoms with Crippen molar-refractivity contribution in [2.75, 3.05) is 45.7 Å². The summed E-state index contributed by atoms with van der Waals surface area (Å²) in [5.41, 5.74) is 2.47. The Labute approximate surface area is 185 Å². The topological polar surface area (TPSA) is 40.1 Å². The van der Waals surface area contributed by atoms with E-state index in [0.717, 1.165) is 37.9 Å². The van der Waals surface area contributed by atoms with E-state index in [9.17, 15) is 0 Å². The molecular weight excluding hydrogens is 463 g/mol. The summed E-state index contributed by atoms with van der Waals surface area (Å²) in [5, 5.41) is 3.55. The fourth-order valence-electron chi connectivity index (χ4n) is 3.66. The van der Waals surface area contributed by atoms with Crippen molar-refractivity contribution < 1.29 is 4.74 Å². The summed E-state index contributed by atoms with van der Waals surface area (Å²) >= 11 is 0. The lowest BCUT2D eigenvalue weighted by molar-refractivity contribution is 0.414. The van der Waals surface area contributed by atoms with Gasteiger partial charge in [0.05, 0.1) is 12.8 Å². The van der Waals surface area contributed by atoms with Crippen molar-refractivity contribution in [1.29, 1.82) is 0 Å². The van der Waals surface area contributed by atoms with E-state index in [1.54, 1.807) is 7.11 Å². The van der Waals surface area contributed by atoms with Crippen LogP contribution in [-0.4, -0.2) is 51.7 Å². The Morgan fingerprint density at radius 1 is 1.18 bits per heavy atom. The molecule has 1 fully saturated rings. The number of nitrogens with zero attached hydrogens (tertiary/aromatic N) is 3. The zero-order valence-electron chi connectivity index (χ0n) is 17.0. The Morgan fingerprint density at radius 2 is 1.89 bits per heavy atom. The standard InChI is InChI=1S/C22H30N4O.HI/c1-23-22(25(2)16-18-9-5-4-6-10-18)24-15-19-13-14-26(17-19)20-11-7-8-12-21(20)27-3;/h4-12,19H,13-17H2,1-3H3,(H,23,24);1H. The molecule has 1 atom stereocenters. The molecule has 28 heavy (non-hydrogen) atoms. The first kappa shape index (κ1) is 22.3. The Bertz CT molecular complexity index is 753. The molecule has 1 heterocycles. The van der Waals surface area contributed by atoms with Gasteiger partial charge in [-0.15, -0.1) is 24.0 Å². The maximum atomic E-state index is 5.51. The largest absolute Gasteiger partial charge is 0.495 e. The number of rotatable bonds is 6. The summed E-state index contributed by atoms with van der Waals surface area (Å²) in [5.74, 6) is 2.48. The Balaban J connectivity index is 0.00000280. The number of guanidine groups is 1. The summed E-state index contributed by atoms with van der Waals surface area (Å²) in [6, 6.07) is 18.7. The molecule has 0 aromatic heterocycles. The van der Waals surface area contributed by atoms with Crippen LogP contribution in [0.3, 0.4) is 0 Å². The van der Waals surface area contributed by atoms with Crippen molar-refractivity contribution in [2.24, 2.45) is 10.9 Å². The van der Waals surface area contributed by atoms with E-state index >= 15 is 0 Å². The summed E-state index contributed by atoms with van der Waals surface area (Å²) < 4.78 is 5.51. The van der Waals surface area contributed by atoms with Crippen molar-refractivity contribution >= 4 is 35.6 Å². The van der Waals surface area contributed by atoms with Gasteiger partial charge in [-0.05, 0) is 30.0 Å². The number of ether oxygens (including phenoxy) is 1. The molecule has 0 aliphatic carbocycles. The van der Waals surface area contributed by atoms with Crippen molar-refractivity contribution in [3.8, 4) is 5.75 Å². The molecule has 1 N–H and O–H groups in total. The van der Waals surface area contributed by atoms with Crippen LogP contribution in [0.25, 0.3) is 0 Å². The molecular formula is C22H31IN4O. The lowest BCUT2D eigenvalue weighted by atomic mass is 10.1. The molecule has 152 valence electrons. The number of halogens is 1. The zero-order valence-corrected chi connectivity index (χ0v) is 19.3. The van der Waals surface area contributed by atoms with E-state index in [-0.39, 0.29) is 24.0 Å².